The van der Waals surface area contributed by atoms with E-state index in [1.807, 2.05) is 0 Å². The average molecular weight is 146 g/mol. The lowest BCUT2D eigenvalue weighted by atomic mass is 11.5. The van der Waals surface area contributed by atoms with Crippen molar-refractivity contribution in [1.82, 2.24) is 0 Å². The van der Waals surface area contributed by atoms with Gasteiger partial charge in [-0.05, 0) is 0 Å². The number of hydrogen-bond donors (Lipinski definition) is 0. The highest BCUT2D eigenvalue weighted by Gasteiger charge is 2.09. The number of hydrogen-bond acceptors (Lipinski definition) is 3. The summed E-state index contributed by atoms with van der Waals surface area (Å²) in [6.45, 7) is -3.25. The summed E-state index contributed by atoms with van der Waals surface area (Å²) in [4.78, 5) is 0. The fraction of sp³-hybridized carbons (Fsp3) is 1.00. The molecule has 3 nitrogen and oxygen atoms in total. The van der Waals surface area contributed by atoms with Crippen LogP contribution in [0, 0.1) is 0 Å². The SMILES string of the molecule is CS(=O)(=O)OC(F)F. The van der Waals surface area contributed by atoms with E-state index in [4.69, 9.17) is 0 Å². The van der Waals surface area contributed by atoms with Gasteiger partial charge < -0.3 is 0 Å². The highest BCUT2D eigenvalue weighted by molar-refractivity contribution is 7.86. The zero-order valence-electron chi connectivity index (χ0n) is 3.97. The second kappa shape index (κ2) is 2.36. The van der Waals surface area contributed by atoms with Gasteiger partial charge in [0.1, 0.15) is 0 Å². The van der Waals surface area contributed by atoms with Crippen LogP contribution in [0.25, 0.3) is 0 Å². The molecule has 0 aliphatic carbocycles. The molecule has 0 atom stereocenters. The summed E-state index contributed by atoms with van der Waals surface area (Å²) in [5.74, 6) is 0. The van der Waals surface area contributed by atoms with Crippen LogP contribution in [0.2, 0.25) is 0 Å². The standard InChI is InChI=1S/C2H4F2O3S/c1-8(5,6)7-2(3)4/h2H,1H3. The smallest absolute Gasteiger partial charge is 0.203 e. The molecule has 8 heavy (non-hydrogen) atoms. The van der Waals surface area contributed by atoms with E-state index in [2.05, 4.69) is 4.18 Å². The van der Waals surface area contributed by atoms with Gasteiger partial charge in [0.25, 0.3) is 10.1 Å². The van der Waals surface area contributed by atoms with Crippen LogP contribution >= 0.6 is 0 Å². The highest BCUT2D eigenvalue weighted by Crippen LogP contribution is 1.98. The molecule has 50 valence electrons. The fourth-order valence-electron chi connectivity index (χ4n) is 0.132. The molecule has 0 aromatic heterocycles. The van der Waals surface area contributed by atoms with Crippen LogP contribution in [0.5, 0.6) is 0 Å². The van der Waals surface area contributed by atoms with Crippen LogP contribution in [0.1, 0.15) is 0 Å². The van der Waals surface area contributed by atoms with E-state index in [9.17, 15) is 17.2 Å². The lowest BCUT2D eigenvalue weighted by Crippen LogP contribution is -2.07. The summed E-state index contributed by atoms with van der Waals surface area (Å²) in [7, 11) is -3.97. The van der Waals surface area contributed by atoms with E-state index >= 15 is 0 Å². The van der Waals surface area contributed by atoms with Gasteiger partial charge >= 0.3 is 6.61 Å². The van der Waals surface area contributed by atoms with Gasteiger partial charge in [-0.25, -0.2) is 4.18 Å². The minimum Gasteiger partial charge on any atom is -0.203 e. The summed E-state index contributed by atoms with van der Waals surface area (Å²) in [5.41, 5.74) is 0. The van der Waals surface area contributed by atoms with Gasteiger partial charge in [0.05, 0.1) is 6.26 Å². The molecule has 0 aliphatic rings. The second-order valence-corrected chi connectivity index (χ2v) is 2.66. The molecule has 0 bridgehead atoms. The first-order chi connectivity index (χ1) is 3.42. The molecule has 0 saturated heterocycles. The third kappa shape index (κ3) is 5.77. The number of halogens is 2. The number of alkyl halides is 2. The Morgan fingerprint density at radius 1 is 1.50 bits per heavy atom. The van der Waals surface area contributed by atoms with E-state index < -0.39 is 16.7 Å². The van der Waals surface area contributed by atoms with Gasteiger partial charge in [-0.3, -0.25) is 0 Å². The Labute approximate surface area is 45.4 Å². The van der Waals surface area contributed by atoms with Crippen LogP contribution in [-0.2, 0) is 14.3 Å². The lowest BCUT2D eigenvalue weighted by Gasteiger charge is -1.94. The van der Waals surface area contributed by atoms with Crippen molar-refractivity contribution in [3.8, 4) is 0 Å². The summed E-state index contributed by atoms with van der Waals surface area (Å²) < 4.78 is 44.4. The van der Waals surface area contributed by atoms with Crippen molar-refractivity contribution in [3.05, 3.63) is 0 Å². The predicted octanol–water partition coefficient (Wildman–Crippen LogP) is 0.185. The van der Waals surface area contributed by atoms with Gasteiger partial charge in [-0.15, -0.1) is 0 Å². The van der Waals surface area contributed by atoms with Gasteiger partial charge in [0, 0.05) is 0 Å². The van der Waals surface area contributed by atoms with Gasteiger partial charge in [0.15, 0.2) is 0 Å². The molecule has 0 aromatic rings. The molecule has 0 aliphatic heterocycles. The first-order valence-corrected chi connectivity index (χ1v) is 3.40. The molecular weight excluding hydrogens is 142 g/mol. The maximum Gasteiger partial charge on any atom is 0.358 e. The first kappa shape index (κ1) is 7.77. The third-order valence-corrected chi connectivity index (χ3v) is 0.743. The molecule has 0 amide bonds. The molecule has 0 radical (unpaired) electrons. The van der Waals surface area contributed by atoms with Crippen LogP contribution in [0.3, 0.4) is 0 Å². The summed E-state index contributed by atoms with van der Waals surface area (Å²) in [5, 5.41) is 0. The average Bonchev–Trinajstić information content (AvgIpc) is 1.21. The van der Waals surface area contributed by atoms with E-state index in [0.717, 1.165) is 0 Å². The van der Waals surface area contributed by atoms with E-state index in [-0.39, 0.29) is 0 Å². The van der Waals surface area contributed by atoms with Gasteiger partial charge in [-0.2, -0.15) is 17.2 Å². The van der Waals surface area contributed by atoms with Crippen molar-refractivity contribution in [2.45, 2.75) is 6.61 Å². The Bertz CT molecular complexity index is 149. The fourth-order valence-corrected chi connectivity index (χ4v) is 0.396. The van der Waals surface area contributed by atoms with E-state index in [1.165, 1.54) is 0 Å². The van der Waals surface area contributed by atoms with Crippen molar-refractivity contribution in [1.29, 1.82) is 0 Å². The summed E-state index contributed by atoms with van der Waals surface area (Å²) >= 11 is 0. The van der Waals surface area contributed by atoms with Crippen LogP contribution in [-0.4, -0.2) is 21.3 Å². The first-order valence-electron chi connectivity index (χ1n) is 1.58. The summed E-state index contributed by atoms with van der Waals surface area (Å²) in [6.07, 6.45) is 0.555. The predicted molar refractivity (Wildman–Crippen MR) is 21.9 cm³/mol. The van der Waals surface area contributed by atoms with Crippen molar-refractivity contribution in [2.75, 3.05) is 6.26 Å². The molecule has 0 aromatic carbocycles. The van der Waals surface area contributed by atoms with E-state index in [1.54, 1.807) is 0 Å². The molecular formula is C2H4F2O3S. The zero-order chi connectivity index (χ0) is 6.78. The monoisotopic (exact) mass is 146 g/mol. The highest BCUT2D eigenvalue weighted by atomic mass is 32.2. The second-order valence-electron chi connectivity index (χ2n) is 1.06. The van der Waals surface area contributed by atoms with Gasteiger partial charge in [-0.1, -0.05) is 0 Å². The normalized spacial score (nSPS) is 12.5. The lowest BCUT2D eigenvalue weighted by molar-refractivity contribution is -0.0438. The molecule has 0 unspecified atom stereocenters. The maximum absolute atomic E-state index is 10.9. The Balaban J connectivity index is 3.75. The Hall–Kier alpha value is -0.230. The minimum atomic E-state index is -3.97. The quantitative estimate of drug-likeness (QED) is 0.522. The molecule has 0 rings (SSSR count). The molecule has 0 saturated carbocycles. The van der Waals surface area contributed by atoms with Gasteiger partial charge in [0.2, 0.25) is 0 Å². The van der Waals surface area contributed by atoms with Crippen LogP contribution in [0.4, 0.5) is 8.78 Å². The Kier molecular flexibility index (Phi) is 2.29. The Morgan fingerprint density at radius 3 is 1.88 bits per heavy atom. The number of rotatable bonds is 2. The topological polar surface area (TPSA) is 43.4 Å². The molecule has 6 heteroatoms. The maximum atomic E-state index is 10.9. The van der Waals surface area contributed by atoms with Crippen molar-refractivity contribution >= 4 is 10.1 Å². The molecule has 0 heterocycles. The van der Waals surface area contributed by atoms with Crippen LogP contribution < -0.4 is 0 Å². The zero-order valence-corrected chi connectivity index (χ0v) is 4.78. The minimum absolute atomic E-state index is 0.555. The largest absolute Gasteiger partial charge is 0.358 e. The van der Waals surface area contributed by atoms with Crippen molar-refractivity contribution in [3.63, 3.8) is 0 Å². The Morgan fingerprint density at radius 2 is 1.88 bits per heavy atom. The van der Waals surface area contributed by atoms with Crippen molar-refractivity contribution in [2.24, 2.45) is 0 Å². The van der Waals surface area contributed by atoms with Crippen LogP contribution in [0.15, 0.2) is 0 Å². The van der Waals surface area contributed by atoms with E-state index in [0.29, 0.717) is 6.26 Å². The third-order valence-electron chi connectivity index (χ3n) is 0.248. The molecule has 0 N–H and O–H groups in total. The molecule has 0 fully saturated rings. The van der Waals surface area contributed by atoms with Crippen molar-refractivity contribution < 1.29 is 21.4 Å². The molecule has 0 spiro atoms. The summed E-state index contributed by atoms with van der Waals surface area (Å²) in [6, 6.07) is 0.